The lowest BCUT2D eigenvalue weighted by Gasteiger charge is -2.34. The summed E-state index contributed by atoms with van der Waals surface area (Å²) in [5.41, 5.74) is 3.51. The lowest BCUT2D eigenvalue weighted by Crippen LogP contribution is -2.42. The highest BCUT2D eigenvalue weighted by Crippen LogP contribution is 2.29. The minimum Gasteiger partial charge on any atom is -0.298 e. The van der Waals surface area contributed by atoms with Gasteiger partial charge in [0.25, 0.3) is 5.91 Å². The number of thiazole rings is 1. The Morgan fingerprint density at radius 2 is 1.60 bits per heavy atom. The Labute approximate surface area is 212 Å². The molecular weight excluding hydrogens is 478 g/mol. The van der Waals surface area contributed by atoms with Gasteiger partial charge in [-0.25, -0.2) is 13.4 Å². The van der Waals surface area contributed by atoms with Crippen LogP contribution in [0.2, 0.25) is 0 Å². The molecule has 1 aromatic heterocycles. The highest BCUT2D eigenvalue weighted by Gasteiger charge is 2.31. The first-order chi connectivity index (χ1) is 16.4. The summed E-state index contributed by atoms with van der Waals surface area (Å²) in [7, 11) is -3.58. The number of rotatable bonds is 5. The van der Waals surface area contributed by atoms with Crippen molar-refractivity contribution >= 4 is 32.4 Å². The van der Waals surface area contributed by atoms with Crippen LogP contribution in [0.1, 0.15) is 57.0 Å². The van der Waals surface area contributed by atoms with Crippen LogP contribution in [0.15, 0.2) is 58.8 Å². The van der Waals surface area contributed by atoms with Crippen molar-refractivity contribution in [1.29, 1.82) is 0 Å². The van der Waals surface area contributed by atoms with E-state index in [1.54, 1.807) is 16.4 Å². The second-order valence-corrected chi connectivity index (χ2v) is 13.4. The smallest absolute Gasteiger partial charge is 0.257 e. The van der Waals surface area contributed by atoms with Crippen LogP contribution in [-0.2, 0) is 15.4 Å². The van der Waals surface area contributed by atoms with E-state index in [-0.39, 0.29) is 16.2 Å². The molecule has 1 aliphatic heterocycles. The lowest BCUT2D eigenvalue weighted by atomic mass is 9.86. The zero-order valence-corrected chi connectivity index (χ0v) is 22.5. The van der Waals surface area contributed by atoms with Crippen molar-refractivity contribution in [3.05, 3.63) is 65.0 Å². The molecule has 6 nitrogen and oxygen atoms in total. The Morgan fingerprint density at radius 1 is 1.00 bits per heavy atom. The summed E-state index contributed by atoms with van der Waals surface area (Å²) in [5.74, 6) is 0.342. The van der Waals surface area contributed by atoms with Gasteiger partial charge in [-0.3, -0.25) is 10.1 Å². The second-order valence-electron chi connectivity index (χ2n) is 10.6. The molecule has 1 amide bonds. The quantitative estimate of drug-likeness (QED) is 0.454. The second kappa shape index (κ2) is 9.84. The zero-order chi connectivity index (χ0) is 25.4. The summed E-state index contributed by atoms with van der Waals surface area (Å²) in [6.45, 7) is 11.7. The SMILES string of the molecule is C[C@@H]1C[C@H](C)CN(S(=O)(=O)c2ccc(C(=O)Nc3nc(-c4ccc(C(C)(C)C)cc4)cs3)cc2)C1. The predicted octanol–water partition coefficient (Wildman–Crippen LogP) is 6.03. The number of amides is 1. The van der Waals surface area contributed by atoms with Crippen LogP contribution in [0.5, 0.6) is 0 Å². The standard InChI is InChI=1S/C27H33N3O3S2/c1-18-14-19(2)16-30(15-18)35(32,33)23-12-8-21(9-13-23)25(31)29-26-28-24(17-34-26)20-6-10-22(11-7-20)27(3,4)5/h6-13,17-19H,14-16H2,1-5H3,(H,28,29,31)/t18-,19+. The fraction of sp³-hybridized carbons (Fsp3) is 0.407. The maximum absolute atomic E-state index is 13.1. The minimum atomic E-state index is -3.58. The van der Waals surface area contributed by atoms with E-state index in [4.69, 9.17) is 0 Å². The molecule has 2 heterocycles. The summed E-state index contributed by atoms with van der Waals surface area (Å²) < 4.78 is 27.7. The van der Waals surface area contributed by atoms with Gasteiger partial charge in [0.05, 0.1) is 10.6 Å². The van der Waals surface area contributed by atoms with Crippen molar-refractivity contribution in [3.8, 4) is 11.3 Å². The number of sulfonamides is 1. The van der Waals surface area contributed by atoms with Gasteiger partial charge in [0, 0.05) is 29.6 Å². The van der Waals surface area contributed by atoms with E-state index < -0.39 is 10.0 Å². The van der Waals surface area contributed by atoms with Crippen LogP contribution in [0.3, 0.4) is 0 Å². The molecule has 0 spiro atoms. The molecule has 35 heavy (non-hydrogen) atoms. The van der Waals surface area contributed by atoms with E-state index in [1.165, 1.54) is 29.0 Å². The van der Waals surface area contributed by atoms with E-state index in [0.29, 0.717) is 35.6 Å². The van der Waals surface area contributed by atoms with Gasteiger partial charge in [0.1, 0.15) is 0 Å². The van der Waals surface area contributed by atoms with Crippen LogP contribution in [0.4, 0.5) is 5.13 Å². The molecule has 1 saturated heterocycles. The van der Waals surface area contributed by atoms with Gasteiger partial charge in [0.15, 0.2) is 5.13 Å². The molecule has 0 unspecified atom stereocenters. The molecule has 0 bridgehead atoms. The maximum Gasteiger partial charge on any atom is 0.257 e. The van der Waals surface area contributed by atoms with E-state index in [0.717, 1.165) is 17.7 Å². The number of nitrogens with one attached hydrogen (secondary N) is 1. The van der Waals surface area contributed by atoms with Crippen LogP contribution in [0, 0.1) is 11.8 Å². The first-order valence-corrected chi connectivity index (χ1v) is 14.2. The Morgan fingerprint density at radius 3 is 2.17 bits per heavy atom. The third-order valence-electron chi connectivity index (χ3n) is 6.36. The number of benzene rings is 2. The molecule has 1 fully saturated rings. The van der Waals surface area contributed by atoms with Gasteiger partial charge in [-0.15, -0.1) is 11.3 Å². The molecule has 0 saturated carbocycles. The molecule has 2 aromatic carbocycles. The van der Waals surface area contributed by atoms with Gasteiger partial charge >= 0.3 is 0 Å². The normalized spacial score (nSPS) is 19.5. The number of carbonyl (C=O) groups excluding carboxylic acids is 1. The summed E-state index contributed by atoms with van der Waals surface area (Å²) in [6.07, 6.45) is 1.03. The largest absolute Gasteiger partial charge is 0.298 e. The van der Waals surface area contributed by atoms with Crippen molar-refractivity contribution in [2.75, 3.05) is 18.4 Å². The highest BCUT2D eigenvalue weighted by atomic mass is 32.2. The molecule has 186 valence electrons. The number of carbonyl (C=O) groups is 1. The van der Waals surface area contributed by atoms with E-state index in [9.17, 15) is 13.2 Å². The predicted molar refractivity (Wildman–Crippen MR) is 142 cm³/mol. The molecule has 1 aliphatic rings. The van der Waals surface area contributed by atoms with Crippen molar-refractivity contribution < 1.29 is 13.2 Å². The molecule has 8 heteroatoms. The Kier molecular flexibility index (Phi) is 7.18. The first kappa shape index (κ1) is 25.5. The monoisotopic (exact) mass is 511 g/mol. The molecule has 4 rings (SSSR count). The number of anilines is 1. The first-order valence-electron chi connectivity index (χ1n) is 11.9. The molecule has 0 aliphatic carbocycles. The third-order valence-corrected chi connectivity index (χ3v) is 8.96. The highest BCUT2D eigenvalue weighted by molar-refractivity contribution is 7.89. The van der Waals surface area contributed by atoms with Crippen molar-refractivity contribution in [2.24, 2.45) is 11.8 Å². The van der Waals surface area contributed by atoms with Crippen molar-refractivity contribution in [2.45, 2.75) is 51.3 Å². The fourth-order valence-corrected chi connectivity index (χ4v) is 6.90. The maximum atomic E-state index is 13.1. The molecule has 2 atom stereocenters. The molecule has 0 radical (unpaired) electrons. The third kappa shape index (κ3) is 5.82. The van der Waals surface area contributed by atoms with E-state index >= 15 is 0 Å². The fourth-order valence-electron chi connectivity index (χ4n) is 4.50. The Bertz CT molecular complexity index is 1280. The van der Waals surface area contributed by atoms with Gasteiger partial charge < -0.3 is 0 Å². The van der Waals surface area contributed by atoms with Crippen LogP contribution in [0.25, 0.3) is 11.3 Å². The van der Waals surface area contributed by atoms with Crippen LogP contribution < -0.4 is 5.32 Å². The van der Waals surface area contributed by atoms with Crippen LogP contribution in [-0.4, -0.2) is 36.7 Å². The zero-order valence-electron chi connectivity index (χ0n) is 20.9. The number of hydrogen-bond donors (Lipinski definition) is 1. The van der Waals surface area contributed by atoms with Crippen LogP contribution >= 0.6 is 11.3 Å². The summed E-state index contributed by atoms with van der Waals surface area (Å²) in [6, 6.07) is 14.4. The Hall–Kier alpha value is -2.55. The Balaban J connectivity index is 1.43. The van der Waals surface area contributed by atoms with E-state index in [2.05, 4.69) is 57.1 Å². The summed E-state index contributed by atoms with van der Waals surface area (Å²) >= 11 is 1.36. The van der Waals surface area contributed by atoms with Crippen molar-refractivity contribution in [3.63, 3.8) is 0 Å². The lowest BCUT2D eigenvalue weighted by molar-refractivity contribution is 0.102. The summed E-state index contributed by atoms with van der Waals surface area (Å²) in [4.78, 5) is 17.5. The van der Waals surface area contributed by atoms with Crippen molar-refractivity contribution in [1.82, 2.24) is 9.29 Å². The van der Waals surface area contributed by atoms with Gasteiger partial charge in [-0.1, -0.05) is 58.9 Å². The number of aromatic nitrogens is 1. The molecule has 3 aromatic rings. The molecule has 1 N–H and O–H groups in total. The van der Waals surface area contributed by atoms with E-state index in [1.807, 2.05) is 17.5 Å². The number of hydrogen-bond acceptors (Lipinski definition) is 5. The van der Waals surface area contributed by atoms with Gasteiger partial charge in [0.2, 0.25) is 10.0 Å². The average molecular weight is 512 g/mol. The van der Waals surface area contributed by atoms with Gasteiger partial charge in [-0.05, 0) is 53.5 Å². The minimum absolute atomic E-state index is 0.0826. The number of piperidine rings is 1. The molecular formula is C27H33N3O3S2. The number of nitrogens with zero attached hydrogens (tertiary/aromatic N) is 2. The summed E-state index contributed by atoms with van der Waals surface area (Å²) in [5, 5.41) is 5.24. The average Bonchev–Trinajstić information content (AvgIpc) is 3.26. The van der Waals surface area contributed by atoms with Gasteiger partial charge in [-0.2, -0.15) is 4.31 Å². The topological polar surface area (TPSA) is 79.4 Å².